The van der Waals surface area contributed by atoms with Crippen molar-refractivity contribution in [2.45, 2.75) is 38.1 Å². The third kappa shape index (κ3) is 3.58. The molecule has 1 aromatic rings. The second-order valence-electron chi connectivity index (χ2n) is 6.54. The Labute approximate surface area is 133 Å². The highest BCUT2D eigenvalue weighted by atomic mass is 79.9. The molecule has 2 aliphatic heterocycles. The van der Waals surface area contributed by atoms with Gasteiger partial charge in [0.1, 0.15) is 17.7 Å². The molecule has 0 spiro atoms. The van der Waals surface area contributed by atoms with E-state index in [9.17, 15) is 4.39 Å². The summed E-state index contributed by atoms with van der Waals surface area (Å²) in [5.41, 5.74) is 0.832. The van der Waals surface area contributed by atoms with Crippen molar-refractivity contribution in [2.24, 2.45) is 0 Å². The highest BCUT2D eigenvalue weighted by molar-refractivity contribution is 9.09. The summed E-state index contributed by atoms with van der Waals surface area (Å²) < 4.78 is 25.2. The molecule has 0 aliphatic carbocycles. The summed E-state index contributed by atoms with van der Waals surface area (Å²) in [6, 6.07) is 4.77. The van der Waals surface area contributed by atoms with E-state index in [4.69, 9.17) is 9.47 Å². The molecule has 5 heteroatoms. The molecule has 2 unspecified atom stereocenters. The summed E-state index contributed by atoms with van der Waals surface area (Å²) in [5.74, 6) is 0.635. The summed E-state index contributed by atoms with van der Waals surface area (Å²) in [6.07, 6.45) is 1.09. The number of ether oxygens (including phenoxy) is 2. The molecule has 0 saturated carbocycles. The first-order valence-electron chi connectivity index (χ1n) is 7.36. The van der Waals surface area contributed by atoms with Crippen LogP contribution in [0.1, 0.15) is 19.4 Å². The second-order valence-corrected chi connectivity index (χ2v) is 7.19. The van der Waals surface area contributed by atoms with Crippen LogP contribution in [-0.4, -0.2) is 47.7 Å². The van der Waals surface area contributed by atoms with Gasteiger partial charge in [0.25, 0.3) is 0 Å². The Kier molecular flexibility index (Phi) is 4.26. The van der Waals surface area contributed by atoms with Crippen LogP contribution in [0.5, 0.6) is 5.75 Å². The third-order valence-electron chi connectivity index (χ3n) is 3.95. The van der Waals surface area contributed by atoms with Crippen LogP contribution >= 0.6 is 15.9 Å². The second kappa shape index (κ2) is 5.86. The van der Waals surface area contributed by atoms with Crippen molar-refractivity contribution in [3.63, 3.8) is 0 Å². The van der Waals surface area contributed by atoms with Crippen LogP contribution in [0, 0.1) is 5.82 Å². The fourth-order valence-corrected chi connectivity index (χ4v) is 3.65. The van der Waals surface area contributed by atoms with Gasteiger partial charge < -0.3 is 9.47 Å². The lowest BCUT2D eigenvalue weighted by Crippen LogP contribution is -2.55. The lowest BCUT2D eigenvalue weighted by molar-refractivity contribution is -0.130. The molecule has 0 amide bonds. The molecular formula is C16H21BrFNO2. The van der Waals surface area contributed by atoms with Crippen LogP contribution in [0.15, 0.2) is 18.2 Å². The van der Waals surface area contributed by atoms with Crippen molar-refractivity contribution in [1.29, 1.82) is 0 Å². The molecule has 0 aromatic heterocycles. The summed E-state index contributed by atoms with van der Waals surface area (Å²) in [4.78, 5) is 2.39. The van der Waals surface area contributed by atoms with E-state index in [0.29, 0.717) is 0 Å². The SMILES string of the molecule is CC1(C)CN(CC2Cc3cc(F)ccc3O2)CC(CBr)O1. The molecule has 1 aromatic carbocycles. The van der Waals surface area contributed by atoms with Crippen LogP contribution in [0.25, 0.3) is 0 Å². The lowest BCUT2D eigenvalue weighted by Gasteiger charge is -2.43. The van der Waals surface area contributed by atoms with E-state index < -0.39 is 0 Å². The molecule has 2 heterocycles. The molecule has 2 aliphatic rings. The number of halogens is 2. The topological polar surface area (TPSA) is 21.7 Å². The molecule has 3 nitrogen and oxygen atoms in total. The van der Waals surface area contributed by atoms with Gasteiger partial charge in [0.05, 0.1) is 11.7 Å². The van der Waals surface area contributed by atoms with E-state index >= 15 is 0 Å². The number of morpholine rings is 1. The number of hydrogen-bond donors (Lipinski definition) is 0. The van der Waals surface area contributed by atoms with Gasteiger partial charge in [-0.3, -0.25) is 4.90 Å². The number of benzene rings is 1. The fraction of sp³-hybridized carbons (Fsp3) is 0.625. The minimum Gasteiger partial charge on any atom is -0.488 e. The number of rotatable bonds is 3. The highest BCUT2D eigenvalue weighted by Gasteiger charge is 2.35. The normalized spacial score (nSPS) is 28.2. The Morgan fingerprint density at radius 1 is 1.38 bits per heavy atom. The van der Waals surface area contributed by atoms with Gasteiger partial charge in [0.2, 0.25) is 0 Å². The number of fused-ring (bicyclic) bond motifs is 1. The van der Waals surface area contributed by atoms with Gasteiger partial charge in [-0.2, -0.15) is 0 Å². The minimum atomic E-state index is -0.190. The van der Waals surface area contributed by atoms with Gasteiger partial charge in [-0.25, -0.2) is 4.39 Å². The van der Waals surface area contributed by atoms with Crippen molar-refractivity contribution >= 4 is 15.9 Å². The van der Waals surface area contributed by atoms with E-state index in [2.05, 4.69) is 34.7 Å². The van der Waals surface area contributed by atoms with Crippen molar-refractivity contribution in [3.8, 4) is 5.75 Å². The standard InChI is InChI=1S/C16H21BrFNO2/c1-16(2)10-19(9-14(7-17)21-16)8-13-6-11-5-12(18)3-4-15(11)20-13/h3-5,13-14H,6-10H2,1-2H3. The Morgan fingerprint density at radius 2 is 2.19 bits per heavy atom. The van der Waals surface area contributed by atoms with E-state index in [1.807, 2.05) is 0 Å². The van der Waals surface area contributed by atoms with E-state index in [-0.39, 0.29) is 23.6 Å². The zero-order chi connectivity index (χ0) is 15.0. The van der Waals surface area contributed by atoms with Gasteiger partial charge >= 0.3 is 0 Å². The van der Waals surface area contributed by atoms with Gasteiger partial charge in [-0.05, 0) is 32.0 Å². The van der Waals surface area contributed by atoms with Crippen molar-refractivity contribution in [1.82, 2.24) is 4.90 Å². The zero-order valence-electron chi connectivity index (χ0n) is 12.4. The van der Waals surface area contributed by atoms with E-state index in [1.165, 1.54) is 6.07 Å². The summed E-state index contributed by atoms with van der Waals surface area (Å²) in [6.45, 7) is 6.88. The molecule has 0 radical (unpaired) electrons. The Morgan fingerprint density at radius 3 is 2.95 bits per heavy atom. The molecule has 116 valence electrons. The maximum absolute atomic E-state index is 13.3. The predicted octanol–water partition coefficient (Wildman–Crippen LogP) is 3.00. The maximum atomic E-state index is 13.3. The molecule has 3 rings (SSSR count). The quantitative estimate of drug-likeness (QED) is 0.776. The van der Waals surface area contributed by atoms with Crippen molar-refractivity contribution in [3.05, 3.63) is 29.6 Å². The molecule has 0 N–H and O–H groups in total. The van der Waals surface area contributed by atoms with Gasteiger partial charge in [-0.1, -0.05) is 15.9 Å². The van der Waals surface area contributed by atoms with Crippen LogP contribution < -0.4 is 4.74 Å². The Bertz CT molecular complexity index is 523. The van der Waals surface area contributed by atoms with Crippen molar-refractivity contribution < 1.29 is 13.9 Å². The van der Waals surface area contributed by atoms with Crippen LogP contribution in [0.2, 0.25) is 0 Å². The number of hydrogen-bond acceptors (Lipinski definition) is 3. The number of alkyl halides is 1. The zero-order valence-corrected chi connectivity index (χ0v) is 14.0. The third-order valence-corrected chi connectivity index (χ3v) is 4.67. The number of nitrogens with zero attached hydrogens (tertiary/aromatic N) is 1. The first kappa shape index (κ1) is 15.3. The van der Waals surface area contributed by atoms with E-state index in [1.54, 1.807) is 12.1 Å². The molecule has 0 bridgehead atoms. The smallest absolute Gasteiger partial charge is 0.123 e. The highest BCUT2D eigenvalue weighted by Crippen LogP contribution is 2.30. The molecule has 21 heavy (non-hydrogen) atoms. The van der Waals surface area contributed by atoms with Crippen molar-refractivity contribution in [2.75, 3.05) is 25.0 Å². The minimum absolute atomic E-state index is 0.103. The molecule has 1 fully saturated rings. The van der Waals surface area contributed by atoms with Gasteiger partial charge in [-0.15, -0.1) is 0 Å². The lowest BCUT2D eigenvalue weighted by atomic mass is 10.0. The van der Waals surface area contributed by atoms with Crippen LogP contribution in [-0.2, 0) is 11.2 Å². The van der Waals surface area contributed by atoms with Gasteiger partial charge in [0, 0.05) is 36.9 Å². The Hall–Kier alpha value is -0.650. The van der Waals surface area contributed by atoms with Gasteiger partial charge in [0.15, 0.2) is 0 Å². The molecule has 2 atom stereocenters. The average molecular weight is 358 g/mol. The van der Waals surface area contributed by atoms with E-state index in [0.717, 1.165) is 42.7 Å². The fourth-order valence-electron chi connectivity index (χ4n) is 3.31. The average Bonchev–Trinajstić information content (AvgIpc) is 2.77. The monoisotopic (exact) mass is 357 g/mol. The first-order valence-corrected chi connectivity index (χ1v) is 8.48. The van der Waals surface area contributed by atoms with Crippen LogP contribution in [0.4, 0.5) is 4.39 Å². The first-order chi connectivity index (χ1) is 9.95. The summed E-state index contributed by atoms with van der Waals surface area (Å²) in [7, 11) is 0. The summed E-state index contributed by atoms with van der Waals surface area (Å²) >= 11 is 3.51. The predicted molar refractivity (Wildman–Crippen MR) is 83.7 cm³/mol. The largest absolute Gasteiger partial charge is 0.488 e. The molecular weight excluding hydrogens is 337 g/mol. The maximum Gasteiger partial charge on any atom is 0.123 e. The molecule has 1 saturated heterocycles. The summed E-state index contributed by atoms with van der Waals surface area (Å²) in [5, 5.41) is 0.837. The van der Waals surface area contributed by atoms with Crippen LogP contribution in [0.3, 0.4) is 0 Å². The Balaban J connectivity index is 1.63.